The molecule has 0 unspecified atom stereocenters. The van der Waals surface area contributed by atoms with Gasteiger partial charge in [0.25, 0.3) is 0 Å². The first-order valence-electron chi connectivity index (χ1n) is 7.66. The van der Waals surface area contributed by atoms with E-state index in [9.17, 15) is 5.11 Å². The van der Waals surface area contributed by atoms with Crippen molar-refractivity contribution in [1.29, 1.82) is 0 Å². The predicted molar refractivity (Wildman–Crippen MR) is 91.0 cm³/mol. The Labute approximate surface area is 135 Å². The van der Waals surface area contributed by atoms with Crippen molar-refractivity contribution in [3.8, 4) is 5.75 Å². The lowest BCUT2D eigenvalue weighted by Crippen LogP contribution is -1.87. The summed E-state index contributed by atoms with van der Waals surface area (Å²) in [5.74, 6) is 1.24. The van der Waals surface area contributed by atoms with Crippen molar-refractivity contribution >= 4 is 17.2 Å². The molecule has 118 valence electrons. The van der Waals surface area contributed by atoms with Gasteiger partial charge in [-0.3, -0.25) is 4.40 Å². The van der Waals surface area contributed by atoms with Gasteiger partial charge in [-0.1, -0.05) is 19.9 Å². The highest BCUT2D eigenvalue weighted by Crippen LogP contribution is 2.31. The van der Waals surface area contributed by atoms with Crippen LogP contribution in [0.15, 0.2) is 46.8 Å². The topological polar surface area (TPSA) is 62.2 Å². The van der Waals surface area contributed by atoms with Gasteiger partial charge in [-0.25, -0.2) is 4.98 Å². The molecule has 5 nitrogen and oxygen atoms in total. The molecule has 23 heavy (non-hydrogen) atoms. The van der Waals surface area contributed by atoms with Gasteiger partial charge >= 0.3 is 0 Å². The maximum Gasteiger partial charge on any atom is 0.183 e. The molecule has 2 aromatic heterocycles. The molecule has 0 atom stereocenters. The highest BCUT2D eigenvalue weighted by atomic mass is 16.3. The number of rotatable bonds is 3. The first kappa shape index (κ1) is 15.2. The second-order valence-corrected chi connectivity index (χ2v) is 6.03. The number of phenols is 1. The van der Waals surface area contributed by atoms with Crippen molar-refractivity contribution in [2.45, 2.75) is 33.6 Å². The van der Waals surface area contributed by atoms with Gasteiger partial charge in [0.05, 0.1) is 11.4 Å². The Hall–Kier alpha value is -2.69. The maximum absolute atomic E-state index is 9.49. The summed E-state index contributed by atoms with van der Waals surface area (Å²) in [7, 11) is 0. The first-order valence-corrected chi connectivity index (χ1v) is 7.66. The minimum absolute atomic E-state index is 0.231. The molecule has 2 heterocycles. The summed E-state index contributed by atoms with van der Waals surface area (Å²) in [6.45, 7) is 8.14. The molecule has 5 heteroatoms. The van der Waals surface area contributed by atoms with Crippen LogP contribution in [0.1, 0.15) is 36.6 Å². The fourth-order valence-corrected chi connectivity index (χ4v) is 2.55. The molecule has 1 aromatic carbocycles. The van der Waals surface area contributed by atoms with Crippen molar-refractivity contribution in [3.63, 3.8) is 0 Å². The molecule has 3 aromatic rings. The van der Waals surface area contributed by atoms with Crippen molar-refractivity contribution < 1.29 is 5.11 Å². The Kier molecular flexibility index (Phi) is 3.86. The van der Waals surface area contributed by atoms with Crippen LogP contribution in [0.2, 0.25) is 0 Å². The summed E-state index contributed by atoms with van der Waals surface area (Å²) in [6.07, 6.45) is 1.96. The van der Waals surface area contributed by atoms with Crippen LogP contribution in [0.5, 0.6) is 5.75 Å². The second kappa shape index (κ2) is 5.83. The Morgan fingerprint density at radius 3 is 2.57 bits per heavy atom. The molecule has 1 N–H and O–H groups in total. The molecule has 0 fully saturated rings. The number of aromatic nitrogens is 2. The van der Waals surface area contributed by atoms with Crippen LogP contribution in [0.4, 0.5) is 11.5 Å². The summed E-state index contributed by atoms with van der Waals surface area (Å²) in [5.41, 5.74) is 4.56. The molecule has 0 radical (unpaired) electrons. The van der Waals surface area contributed by atoms with Crippen LogP contribution in [0, 0.1) is 13.8 Å². The summed E-state index contributed by atoms with van der Waals surface area (Å²) in [4.78, 5) is 4.73. The second-order valence-electron chi connectivity index (χ2n) is 6.03. The highest BCUT2D eigenvalue weighted by molar-refractivity contribution is 5.57. The Morgan fingerprint density at radius 2 is 1.87 bits per heavy atom. The van der Waals surface area contributed by atoms with E-state index in [0.29, 0.717) is 0 Å². The van der Waals surface area contributed by atoms with E-state index in [4.69, 9.17) is 4.98 Å². The van der Waals surface area contributed by atoms with Gasteiger partial charge in [0, 0.05) is 6.20 Å². The predicted octanol–water partition coefficient (Wildman–Crippen LogP) is 5.20. The van der Waals surface area contributed by atoms with E-state index in [2.05, 4.69) is 24.1 Å². The zero-order valence-corrected chi connectivity index (χ0v) is 13.8. The van der Waals surface area contributed by atoms with E-state index < -0.39 is 0 Å². The monoisotopic (exact) mass is 308 g/mol. The maximum atomic E-state index is 9.49. The van der Waals surface area contributed by atoms with Crippen LogP contribution in [-0.4, -0.2) is 14.5 Å². The van der Waals surface area contributed by atoms with Crippen molar-refractivity contribution in [1.82, 2.24) is 9.38 Å². The zero-order valence-electron chi connectivity index (χ0n) is 13.8. The molecule has 0 aliphatic heterocycles. The fraction of sp³-hybridized carbons (Fsp3) is 0.278. The summed E-state index contributed by atoms with van der Waals surface area (Å²) < 4.78 is 1.98. The number of hydrogen-bond acceptors (Lipinski definition) is 4. The smallest absolute Gasteiger partial charge is 0.183 e. The molecule has 0 aliphatic rings. The minimum Gasteiger partial charge on any atom is -0.508 e. The van der Waals surface area contributed by atoms with Gasteiger partial charge in [0.15, 0.2) is 5.82 Å². The van der Waals surface area contributed by atoms with Crippen LogP contribution in [0.25, 0.3) is 5.65 Å². The SMILES string of the molecule is Cc1cc(O)ccc1N=Nc1c(C(C)C)nc2c(C)cccn12. The third-order valence-corrected chi connectivity index (χ3v) is 3.83. The number of nitrogens with zero attached hydrogens (tertiary/aromatic N) is 4. The lowest BCUT2D eigenvalue weighted by atomic mass is 10.1. The summed E-state index contributed by atoms with van der Waals surface area (Å²) >= 11 is 0. The van der Waals surface area contributed by atoms with Gasteiger partial charge in [-0.05, 0) is 55.2 Å². The molecule has 0 amide bonds. The third kappa shape index (κ3) is 2.82. The largest absolute Gasteiger partial charge is 0.508 e. The molecule has 0 saturated carbocycles. The van der Waals surface area contributed by atoms with Crippen LogP contribution in [-0.2, 0) is 0 Å². The van der Waals surface area contributed by atoms with Gasteiger partial charge < -0.3 is 5.11 Å². The van der Waals surface area contributed by atoms with E-state index in [1.807, 2.05) is 36.6 Å². The first-order chi connectivity index (χ1) is 11.0. The molecule has 3 rings (SSSR count). The zero-order chi connectivity index (χ0) is 16.6. The van der Waals surface area contributed by atoms with E-state index in [1.54, 1.807) is 18.2 Å². The minimum atomic E-state index is 0.231. The number of imidazole rings is 1. The number of azo groups is 1. The van der Waals surface area contributed by atoms with Gasteiger partial charge in [-0.15, -0.1) is 10.2 Å². The number of fused-ring (bicyclic) bond motifs is 1. The van der Waals surface area contributed by atoms with Crippen LogP contribution in [0.3, 0.4) is 0 Å². The Bertz CT molecular complexity index is 893. The number of hydrogen-bond donors (Lipinski definition) is 1. The highest BCUT2D eigenvalue weighted by Gasteiger charge is 2.16. The number of phenolic OH excluding ortho intramolecular Hbond substituents is 1. The van der Waals surface area contributed by atoms with Crippen LogP contribution < -0.4 is 0 Å². The van der Waals surface area contributed by atoms with E-state index in [0.717, 1.165) is 34.0 Å². The van der Waals surface area contributed by atoms with Gasteiger partial charge in [0.2, 0.25) is 0 Å². The van der Waals surface area contributed by atoms with Crippen molar-refractivity contribution in [2.24, 2.45) is 10.2 Å². The molecule has 0 aliphatic carbocycles. The molecule has 0 spiro atoms. The quantitative estimate of drug-likeness (QED) is 0.676. The van der Waals surface area contributed by atoms with Crippen molar-refractivity contribution in [3.05, 3.63) is 53.3 Å². The van der Waals surface area contributed by atoms with Gasteiger partial charge in [0.1, 0.15) is 11.4 Å². The molecular weight excluding hydrogens is 288 g/mol. The summed E-state index contributed by atoms with van der Waals surface area (Å²) in [5, 5.41) is 18.3. The van der Waals surface area contributed by atoms with E-state index >= 15 is 0 Å². The third-order valence-electron chi connectivity index (χ3n) is 3.83. The average Bonchev–Trinajstić information content (AvgIpc) is 2.87. The number of pyridine rings is 1. The van der Waals surface area contributed by atoms with E-state index in [1.165, 1.54) is 0 Å². The number of aromatic hydroxyl groups is 1. The lowest BCUT2D eigenvalue weighted by Gasteiger charge is -2.03. The summed E-state index contributed by atoms with van der Waals surface area (Å²) in [6, 6.07) is 9.08. The van der Waals surface area contributed by atoms with Crippen molar-refractivity contribution in [2.75, 3.05) is 0 Å². The molecule has 0 bridgehead atoms. The lowest BCUT2D eigenvalue weighted by molar-refractivity contribution is 0.475. The van der Waals surface area contributed by atoms with Gasteiger partial charge in [-0.2, -0.15) is 0 Å². The molecular formula is C18H20N4O. The van der Waals surface area contributed by atoms with E-state index in [-0.39, 0.29) is 11.7 Å². The normalized spacial score (nSPS) is 11.9. The van der Waals surface area contributed by atoms with Crippen LogP contribution >= 0.6 is 0 Å². The number of benzene rings is 1. The Morgan fingerprint density at radius 1 is 1.09 bits per heavy atom. The number of aryl methyl sites for hydroxylation is 2. The standard InChI is InChI=1S/C18H20N4O/c1-11(2)16-18(22-9-5-6-12(3)17(22)19-16)21-20-15-8-7-14(23)10-13(15)4/h5-11,23H,1-4H3. The Balaban J connectivity index is 2.13. The fourth-order valence-electron chi connectivity index (χ4n) is 2.55. The molecule has 0 saturated heterocycles. The average molecular weight is 308 g/mol.